The third kappa shape index (κ3) is 2.82. The molecule has 0 aliphatic carbocycles. The molecule has 0 unspecified atom stereocenters. The van der Waals surface area contributed by atoms with Gasteiger partial charge in [0.05, 0.1) is 20.3 Å². The standard InChI is InChI=1S/C11H15IO5S/c1-11(2,3)18(15,16)10-7-8(17-4)5-6-9(10)12(13)14/h5-7H,1-4H3. The predicted molar refractivity (Wildman–Crippen MR) is 74.0 cm³/mol. The molecule has 0 aliphatic rings. The van der Waals surface area contributed by atoms with Crippen molar-refractivity contribution in [3.63, 3.8) is 0 Å². The molecule has 0 radical (unpaired) electrons. The van der Waals surface area contributed by atoms with E-state index in [9.17, 15) is 14.6 Å². The molecule has 0 aliphatic heterocycles. The van der Waals surface area contributed by atoms with Gasteiger partial charge in [-0.25, -0.2) is 14.6 Å². The fourth-order valence-corrected chi connectivity index (χ4v) is 4.89. The van der Waals surface area contributed by atoms with Crippen molar-refractivity contribution >= 4 is 29.6 Å². The van der Waals surface area contributed by atoms with Crippen LogP contribution in [0.5, 0.6) is 5.75 Å². The molecule has 102 valence electrons. The van der Waals surface area contributed by atoms with Gasteiger partial charge in [-0.1, -0.05) is 0 Å². The second-order valence-corrected chi connectivity index (χ2v) is 9.70. The third-order valence-electron chi connectivity index (χ3n) is 2.40. The van der Waals surface area contributed by atoms with E-state index in [0.717, 1.165) is 0 Å². The molecule has 1 aromatic rings. The highest BCUT2D eigenvalue weighted by atomic mass is 127. The second kappa shape index (κ2) is 5.12. The molecule has 0 N–H and O–H groups in total. The summed E-state index contributed by atoms with van der Waals surface area (Å²) in [6.45, 7) is 4.58. The molecule has 5 nitrogen and oxygen atoms in total. The molecule has 0 atom stereocenters. The van der Waals surface area contributed by atoms with Gasteiger partial charge in [0.2, 0.25) is 0 Å². The summed E-state index contributed by atoms with van der Waals surface area (Å²) in [5, 5.41) is 0. The molecule has 0 spiro atoms. The molecule has 1 rings (SSSR count). The first kappa shape index (κ1) is 15.4. The minimum absolute atomic E-state index is 0.116. The first-order valence-corrected chi connectivity index (χ1v) is 9.41. The van der Waals surface area contributed by atoms with Crippen molar-refractivity contribution < 1.29 is 19.3 Å². The fourth-order valence-electron chi connectivity index (χ4n) is 1.27. The summed E-state index contributed by atoms with van der Waals surface area (Å²) >= 11 is -3.88. The largest absolute Gasteiger partial charge is 0.497 e. The van der Waals surface area contributed by atoms with Crippen LogP contribution in [0.1, 0.15) is 20.8 Å². The van der Waals surface area contributed by atoms with Crippen LogP contribution in [0.2, 0.25) is 0 Å². The minimum Gasteiger partial charge on any atom is -0.497 e. The summed E-state index contributed by atoms with van der Waals surface area (Å²) in [5.74, 6) is 0.319. The number of hydrogen-bond acceptors (Lipinski definition) is 5. The summed E-state index contributed by atoms with van der Waals surface area (Å²) in [4.78, 5) is -0.176. The van der Waals surface area contributed by atoms with E-state index >= 15 is 0 Å². The fraction of sp³-hybridized carbons (Fsp3) is 0.455. The number of benzene rings is 1. The van der Waals surface area contributed by atoms with Crippen molar-refractivity contribution in [1.82, 2.24) is 0 Å². The van der Waals surface area contributed by atoms with Crippen LogP contribution in [0, 0.1) is 3.57 Å². The van der Waals surface area contributed by atoms with Gasteiger partial charge in [-0.05, 0) is 32.9 Å². The van der Waals surface area contributed by atoms with Crippen LogP contribution >= 0.6 is 19.8 Å². The zero-order chi connectivity index (χ0) is 14.1. The van der Waals surface area contributed by atoms with Gasteiger partial charge in [-0.2, -0.15) is 0 Å². The van der Waals surface area contributed by atoms with E-state index in [1.54, 1.807) is 0 Å². The van der Waals surface area contributed by atoms with Crippen molar-refractivity contribution in [1.29, 1.82) is 0 Å². The number of methoxy groups -OCH3 is 1. The van der Waals surface area contributed by atoms with Gasteiger partial charge in [0.15, 0.2) is 9.84 Å². The number of hydrogen-bond donors (Lipinski definition) is 0. The highest BCUT2D eigenvalue weighted by molar-refractivity contribution is 14.2. The maximum absolute atomic E-state index is 12.3. The first-order chi connectivity index (χ1) is 8.11. The monoisotopic (exact) mass is 386 g/mol. The van der Waals surface area contributed by atoms with Gasteiger partial charge < -0.3 is 4.74 Å². The number of sulfone groups is 1. The lowest BCUT2D eigenvalue weighted by Crippen LogP contribution is -2.28. The third-order valence-corrected chi connectivity index (χ3v) is 7.19. The first-order valence-electron chi connectivity index (χ1n) is 5.09. The van der Waals surface area contributed by atoms with Crippen LogP contribution < -0.4 is 4.74 Å². The average molecular weight is 386 g/mol. The van der Waals surface area contributed by atoms with Crippen LogP contribution in [0.3, 0.4) is 0 Å². The van der Waals surface area contributed by atoms with E-state index in [1.165, 1.54) is 46.1 Å². The van der Waals surface area contributed by atoms with E-state index in [-0.39, 0.29) is 8.47 Å². The molecule has 0 heterocycles. The highest BCUT2D eigenvalue weighted by Gasteiger charge is 2.34. The van der Waals surface area contributed by atoms with E-state index < -0.39 is 34.4 Å². The molecule has 7 heteroatoms. The Labute approximate surface area is 114 Å². The maximum atomic E-state index is 12.3. The number of ether oxygens (including phenoxy) is 1. The molecular weight excluding hydrogens is 371 g/mol. The number of halogens is 1. The van der Waals surface area contributed by atoms with Crippen LogP contribution in [0.15, 0.2) is 23.1 Å². The van der Waals surface area contributed by atoms with Crippen molar-refractivity contribution in [3.05, 3.63) is 21.8 Å². The van der Waals surface area contributed by atoms with E-state index in [1.807, 2.05) is 0 Å². The summed E-state index contributed by atoms with van der Waals surface area (Å²) in [7, 11) is -2.33. The summed E-state index contributed by atoms with van der Waals surface area (Å²) < 4.78 is 50.9. The summed E-state index contributed by atoms with van der Waals surface area (Å²) in [6, 6.07) is 3.98. The van der Waals surface area contributed by atoms with Crippen molar-refractivity contribution in [2.75, 3.05) is 7.11 Å². The Hall–Kier alpha value is -0.700. The van der Waals surface area contributed by atoms with Gasteiger partial charge in [0.25, 0.3) is 0 Å². The molecule has 0 bridgehead atoms. The lowest BCUT2D eigenvalue weighted by molar-refractivity contribution is 0.413. The Balaban J connectivity index is 3.66. The Morgan fingerprint density at radius 3 is 2.11 bits per heavy atom. The molecule has 0 amide bonds. The molecule has 0 fully saturated rings. The summed E-state index contributed by atoms with van der Waals surface area (Å²) in [6.07, 6.45) is 0. The van der Waals surface area contributed by atoms with Crippen molar-refractivity contribution in [2.24, 2.45) is 0 Å². The Bertz CT molecular complexity index is 615. The lowest BCUT2D eigenvalue weighted by Gasteiger charge is -2.20. The SMILES string of the molecule is COc1ccc(I(=O)=O)c(S(=O)(=O)C(C)(C)C)c1. The molecule has 0 saturated heterocycles. The van der Waals surface area contributed by atoms with Gasteiger partial charge in [0, 0.05) is 6.07 Å². The quantitative estimate of drug-likeness (QED) is 0.747. The molecule has 18 heavy (non-hydrogen) atoms. The smallest absolute Gasteiger partial charge is 0.342 e. The van der Waals surface area contributed by atoms with E-state index in [0.29, 0.717) is 5.75 Å². The normalized spacial score (nSPS) is 12.7. The van der Waals surface area contributed by atoms with E-state index in [2.05, 4.69) is 0 Å². The van der Waals surface area contributed by atoms with E-state index in [4.69, 9.17) is 4.74 Å². The molecular formula is C11H15IO5S. The van der Waals surface area contributed by atoms with Gasteiger partial charge in [-0.15, -0.1) is 0 Å². The molecule has 0 aromatic heterocycles. The van der Waals surface area contributed by atoms with Crippen LogP contribution in [-0.2, 0) is 16.0 Å². The Morgan fingerprint density at radius 1 is 1.17 bits per heavy atom. The Morgan fingerprint density at radius 2 is 1.72 bits per heavy atom. The zero-order valence-electron chi connectivity index (χ0n) is 10.6. The second-order valence-electron chi connectivity index (χ2n) is 4.63. The highest BCUT2D eigenvalue weighted by Crippen LogP contribution is 2.34. The van der Waals surface area contributed by atoms with Crippen molar-refractivity contribution in [2.45, 2.75) is 30.4 Å². The van der Waals surface area contributed by atoms with Gasteiger partial charge in [0.1, 0.15) is 5.75 Å². The predicted octanol–water partition coefficient (Wildman–Crippen LogP) is 2.63. The lowest BCUT2D eigenvalue weighted by atomic mass is 10.3. The Kier molecular flexibility index (Phi) is 4.37. The maximum Gasteiger partial charge on any atom is 0.342 e. The minimum atomic E-state index is -3.88. The van der Waals surface area contributed by atoms with Crippen molar-refractivity contribution in [3.8, 4) is 5.75 Å². The summed E-state index contributed by atoms with van der Waals surface area (Å²) in [5.41, 5.74) is 0. The average Bonchev–Trinajstić information content (AvgIpc) is 2.26. The number of rotatable bonds is 3. The van der Waals surface area contributed by atoms with Crippen LogP contribution in [0.4, 0.5) is 0 Å². The molecule has 1 aromatic carbocycles. The van der Waals surface area contributed by atoms with Gasteiger partial charge in [-0.3, -0.25) is 0 Å². The van der Waals surface area contributed by atoms with Crippen LogP contribution in [-0.4, -0.2) is 20.3 Å². The topological polar surface area (TPSA) is 77.5 Å². The van der Waals surface area contributed by atoms with Gasteiger partial charge >= 0.3 is 19.8 Å². The molecule has 0 saturated carbocycles. The van der Waals surface area contributed by atoms with Crippen LogP contribution in [0.25, 0.3) is 0 Å². The zero-order valence-corrected chi connectivity index (χ0v) is 13.5.